The number of anilines is 1. The van der Waals surface area contributed by atoms with E-state index in [0.29, 0.717) is 39.2 Å². The first-order chi connectivity index (χ1) is 17.4. The molecule has 5 rings (SSSR count). The molecule has 0 saturated carbocycles. The number of pyridine rings is 1. The second-order valence-corrected chi connectivity index (χ2v) is 8.66. The molecule has 0 aliphatic carbocycles. The van der Waals surface area contributed by atoms with Crippen molar-refractivity contribution in [3.63, 3.8) is 0 Å². The monoisotopic (exact) mass is 504 g/mol. The molecule has 10 heteroatoms. The predicted molar refractivity (Wildman–Crippen MR) is 136 cm³/mol. The topological polar surface area (TPSA) is 93.7 Å². The molecule has 2 aromatic heterocycles. The second-order valence-electron chi connectivity index (χ2n) is 8.27. The Morgan fingerprint density at radius 3 is 2.69 bits per heavy atom. The largest absolute Gasteiger partial charge is 0.496 e. The quantitative estimate of drug-likeness (QED) is 0.198. The van der Waals surface area contributed by atoms with Crippen molar-refractivity contribution in [2.24, 2.45) is 0 Å². The Balaban J connectivity index is 1.60. The summed E-state index contributed by atoms with van der Waals surface area (Å²) in [6.45, 7) is 1.70. The van der Waals surface area contributed by atoms with Crippen molar-refractivity contribution in [3.05, 3.63) is 106 Å². The molecule has 1 aliphatic rings. The standard InChI is InChI=1S/C26H21FN4O4S/c1-15-13-16(7-9-19(15)27)30-25(24(29-26(30)36)20-5-3-4-12-28-20)22-11-10-21(35-22)18-8-6-17(31(32)33)14-23(18)34-2/h3-14,24-25H,1-2H3,(H,29,36)/t24-,25-/m0/s1. The van der Waals surface area contributed by atoms with Gasteiger partial charge in [0.15, 0.2) is 5.11 Å². The van der Waals surface area contributed by atoms with Gasteiger partial charge in [-0.1, -0.05) is 6.07 Å². The van der Waals surface area contributed by atoms with E-state index in [2.05, 4.69) is 10.3 Å². The Hall–Kier alpha value is -4.31. The number of hydrogen-bond donors (Lipinski definition) is 1. The smallest absolute Gasteiger partial charge is 0.273 e. The number of benzene rings is 2. The van der Waals surface area contributed by atoms with Crippen LogP contribution in [0.25, 0.3) is 11.3 Å². The zero-order valence-corrected chi connectivity index (χ0v) is 20.2. The number of non-ortho nitro benzene ring substituents is 1. The molecule has 1 N–H and O–H groups in total. The number of methoxy groups -OCH3 is 1. The number of thiocarbonyl (C=S) groups is 1. The number of furan rings is 1. The van der Waals surface area contributed by atoms with E-state index in [1.165, 1.54) is 25.3 Å². The van der Waals surface area contributed by atoms with Gasteiger partial charge < -0.3 is 19.4 Å². The lowest BCUT2D eigenvalue weighted by atomic mass is 10.0. The summed E-state index contributed by atoms with van der Waals surface area (Å²) < 4.78 is 25.7. The minimum atomic E-state index is -0.481. The van der Waals surface area contributed by atoms with Crippen molar-refractivity contribution in [3.8, 4) is 17.1 Å². The molecule has 1 aliphatic heterocycles. The van der Waals surface area contributed by atoms with Crippen molar-refractivity contribution in [1.82, 2.24) is 10.3 Å². The van der Waals surface area contributed by atoms with Gasteiger partial charge in [-0.15, -0.1) is 0 Å². The van der Waals surface area contributed by atoms with Crippen LogP contribution in [0.4, 0.5) is 15.8 Å². The van der Waals surface area contributed by atoms with E-state index in [0.717, 1.165) is 5.69 Å². The molecule has 1 fully saturated rings. The first kappa shape index (κ1) is 23.4. The van der Waals surface area contributed by atoms with Gasteiger partial charge in [0.25, 0.3) is 5.69 Å². The van der Waals surface area contributed by atoms with Gasteiger partial charge in [0.05, 0.1) is 35.4 Å². The Morgan fingerprint density at radius 2 is 2.00 bits per heavy atom. The van der Waals surface area contributed by atoms with Crippen LogP contribution in [0.15, 0.2) is 77.3 Å². The molecule has 1 saturated heterocycles. The van der Waals surface area contributed by atoms with Gasteiger partial charge >= 0.3 is 0 Å². The highest BCUT2D eigenvalue weighted by molar-refractivity contribution is 7.80. The average Bonchev–Trinajstić information content (AvgIpc) is 3.50. The number of aromatic nitrogens is 1. The van der Waals surface area contributed by atoms with Crippen molar-refractivity contribution >= 4 is 28.7 Å². The molecule has 36 heavy (non-hydrogen) atoms. The summed E-state index contributed by atoms with van der Waals surface area (Å²) in [7, 11) is 1.45. The molecule has 3 heterocycles. The van der Waals surface area contributed by atoms with Crippen LogP contribution in [0.5, 0.6) is 5.75 Å². The maximum absolute atomic E-state index is 14.0. The van der Waals surface area contributed by atoms with Crippen molar-refractivity contribution in [1.29, 1.82) is 0 Å². The summed E-state index contributed by atoms with van der Waals surface area (Å²) in [5.74, 6) is 1.07. The Morgan fingerprint density at radius 1 is 1.17 bits per heavy atom. The van der Waals surface area contributed by atoms with Gasteiger partial charge in [0, 0.05) is 18.0 Å². The fourth-order valence-electron chi connectivity index (χ4n) is 4.35. The molecule has 0 spiro atoms. The SMILES string of the molecule is COc1cc([N+](=O)[O-])ccc1-c1ccc([C@H]2[C@H](c3ccccn3)NC(=S)N2c2ccc(F)c(C)c2)o1. The zero-order chi connectivity index (χ0) is 25.4. The van der Waals surface area contributed by atoms with Crippen LogP contribution in [-0.4, -0.2) is 22.1 Å². The third-order valence-electron chi connectivity index (χ3n) is 6.10. The lowest BCUT2D eigenvalue weighted by molar-refractivity contribution is -0.384. The third kappa shape index (κ3) is 4.16. The fraction of sp³-hybridized carbons (Fsp3) is 0.154. The highest BCUT2D eigenvalue weighted by atomic mass is 32.1. The molecule has 0 radical (unpaired) electrons. The molecule has 0 unspecified atom stereocenters. The van der Waals surface area contributed by atoms with Crippen molar-refractivity contribution in [2.75, 3.05) is 12.0 Å². The first-order valence-electron chi connectivity index (χ1n) is 11.1. The van der Waals surface area contributed by atoms with Gasteiger partial charge in [-0.2, -0.15) is 0 Å². The van der Waals surface area contributed by atoms with E-state index in [1.54, 1.807) is 37.4 Å². The number of ether oxygens (including phenoxy) is 1. The number of nitrogens with one attached hydrogen (secondary N) is 1. The number of halogens is 1. The lowest BCUT2D eigenvalue weighted by Crippen LogP contribution is -2.29. The third-order valence-corrected chi connectivity index (χ3v) is 6.41. The minimum Gasteiger partial charge on any atom is -0.496 e. The van der Waals surface area contributed by atoms with E-state index in [-0.39, 0.29) is 17.5 Å². The Labute approximate surface area is 211 Å². The number of aryl methyl sites for hydroxylation is 1. The van der Waals surface area contributed by atoms with Gasteiger partial charge in [-0.05, 0) is 73.2 Å². The summed E-state index contributed by atoms with van der Waals surface area (Å²) in [4.78, 5) is 17.1. The van der Waals surface area contributed by atoms with Crippen molar-refractivity contribution < 1.29 is 18.5 Å². The number of rotatable bonds is 6. The molecular formula is C26H21FN4O4S. The average molecular weight is 505 g/mol. The molecule has 2 atom stereocenters. The minimum absolute atomic E-state index is 0.0826. The maximum atomic E-state index is 14.0. The maximum Gasteiger partial charge on any atom is 0.273 e. The Kier molecular flexibility index (Phi) is 6.11. The van der Waals surface area contributed by atoms with Crippen LogP contribution in [0.2, 0.25) is 0 Å². The van der Waals surface area contributed by atoms with Gasteiger partial charge in [0.1, 0.15) is 29.1 Å². The molecule has 182 valence electrons. The summed E-state index contributed by atoms with van der Waals surface area (Å²) >= 11 is 5.70. The lowest BCUT2D eigenvalue weighted by Gasteiger charge is -2.26. The molecular weight excluding hydrogens is 483 g/mol. The Bertz CT molecular complexity index is 1460. The van der Waals surface area contributed by atoms with Crippen LogP contribution in [-0.2, 0) is 0 Å². The molecule has 0 bridgehead atoms. The van der Waals surface area contributed by atoms with Crippen LogP contribution < -0.4 is 15.0 Å². The summed E-state index contributed by atoms with van der Waals surface area (Å²) in [6, 6.07) is 17.6. The number of nitro groups is 1. The van der Waals surface area contributed by atoms with E-state index in [9.17, 15) is 14.5 Å². The van der Waals surface area contributed by atoms with E-state index < -0.39 is 11.0 Å². The zero-order valence-electron chi connectivity index (χ0n) is 19.3. The van der Waals surface area contributed by atoms with E-state index >= 15 is 0 Å². The number of nitro benzene ring substituents is 1. The van der Waals surface area contributed by atoms with Gasteiger partial charge in [-0.3, -0.25) is 15.1 Å². The predicted octanol–water partition coefficient (Wildman–Crippen LogP) is 5.88. The van der Waals surface area contributed by atoms with Crippen LogP contribution >= 0.6 is 12.2 Å². The summed E-state index contributed by atoms with van der Waals surface area (Å²) in [5.41, 5.74) is 2.45. The van der Waals surface area contributed by atoms with Gasteiger partial charge in [0.2, 0.25) is 0 Å². The van der Waals surface area contributed by atoms with E-state index in [4.69, 9.17) is 21.4 Å². The highest BCUT2D eigenvalue weighted by Crippen LogP contribution is 2.44. The second kappa shape index (κ2) is 9.38. The van der Waals surface area contributed by atoms with Crippen LogP contribution in [0.1, 0.15) is 29.1 Å². The molecule has 0 amide bonds. The van der Waals surface area contributed by atoms with Gasteiger partial charge in [-0.25, -0.2) is 4.39 Å². The summed E-state index contributed by atoms with van der Waals surface area (Å²) in [5, 5.41) is 15.0. The molecule has 2 aromatic carbocycles. The van der Waals surface area contributed by atoms with Crippen LogP contribution in [0, 0.1) is 22.9 Å². The normalized spacial score (nSPS) is 17.2. The number of hydrogen-bond acceptors (Lipinski definition) is 6. The molecule has 8 nitrogen and oxygen atoms in total. The van der Waals surface area contributed by atoms with Crippen LogP contribution in [0.3, 0.4) is 0 Å². The first-order valence-corrected chi connectivity index (χ1v) is 11.5. The van der Waals surface area contributed by atoms with Crippen molar-refractivity contribution in [2.45, 2.75) is 19.0 Å². The highest BCUT2D eigenvalue weighted by Gasteiger charge is 2.42. The molecule has 4 aromatic rings. The summed E-state index contributed by atoms with van der Waals surface area (Å²) in [6.07, 6.45) is 1.71. The number of nitrogens with zero attached hydrogens (tertiary/aromatic N) is 3. The van der Waals surface area contributed by atoms with E-state index in [1.807, 2.05) is 29.2 Å². The fourth-order valence-corrected chi connectivity index (χ4v) is 4.70.